The van der Waals surface area contributed by atoms with Crippen molar-refractivity contribution in [3.05, 3.63) is 61.2 Å². The van der Waals surface area contributed by atoms with Crippen LogP contribution in [0.1, 0.15) is 136 Å². The molecule has 2 aromatic heterocycles. The van der Waals surface area contributed by atoms with Crippen LogP contribution in [0.5, 0.6) is 0 Å². The van der Waals surface area contributed by atoms with Gasteiger partial charge in [0.2, 0.25) is 0 Å². The normalized spacial score (nSPS) is 6.76. The first-order valence-electron chi connectivity index (χ1n) is 14.0. The van der Waals surface area contributed by atoms with Crippen molar-refractivity contribution in [2.75, 3.05) is 0 Å². The van der Waals surface area contributed by atoms with Gasteiger partial charge in [0, 0.05) is 30.9 Å². The van der Waals surface area contributed by atoms with E-state index in [0.717, 1.165) is 6.54 Å². The SMILES string of the molecule is CC.CC.CC.CC.CCC.CCC.CCCC.CCC[n+]1ccccc1.c1ccncc1. The fraction of sp³-hybridized carbons (Fsp3) is 0.677. The minimum Gasteiger partial charge on any atom is -0.265 e. The molecule has 0 fully saturated rings. The van der Waals surface area contributed by atoms with Crippen molar-refractivity contribution in [2.45, 2.75) is 143 Å². The van der Waals surface area contributed by atoms with Crippen molar-refractivity contribution in [2.24, 2.45) is 0 Å². The minimum atomic E-state index is 1.13. The zero-order valence-electron chi connectivity index (χ0n) is 25.9. The van der Waals surface area contributed by atoms with Crippen LogP contribution in [-0.2, 0) is 6.54 Å². The Balaban J connectivity index is -0.0000000501. The Morgan fingerprint density at radius 1 is 0.455 bits per heavy atom. The second-order valence-corrected chi connectivity index (χ2v) is 5.55. The van der Waals surface area contributed by atoms with E-state index < -0.39 is 0 Å². The van der Waals surface area contributed by atoms with E-state index >= 15 is 0 Å². The molecule has 0 aliphatic carbocycles. The third-order valence-electron chi connectivity index (χ3n) is 2.33. The highest BCUT2D eigenvalue weighted by Crippen LogP contribution is 1.79. The van der Waals surface area contributed by atoms with Crippen LogP contribution in [0, 0.1) is 0 Å². The zero-order chi connectivity index (χ0) is 27.6. The van der Waals surface area contributed by atoms with E-state index in [1.54, 1.807) is 12.4 Å². The third kappa shape index (κ3) is 91.3. The Kier molecular flexibility index (Phi) is 115. The van der Waals surface area contributed by atoms with Crippen LogP contribution in [0.4, 0.5) is 0 Å². The molecule has 2 aromatic rings. The molecule has 0 amide bonds. The average Bonchev–Trinajstić information content (AvgIpc) is 2.92. The van der Waals surface area contributed by atoms with E-state index in [1.165, 1.54) is 32.1 Å². The summed E-state index contributed by atoms with van der Waals surface area (Å²) in [6, 6.07) is 11.9. The fourth-order valence-corrected chi connectivity index (χ4v) is 1.15. The van der Waals surface area contributed by atoms with E-state index in [1.807, 2.05) is 79.7 Å². The second kappa shape index (κ2) is 77.7. The highest BCUT2D eigenvalue weighted by molar-refractivity contribution is 4.88. The summed E-state index contributed by atoms with van der Waals surface area (Å²) in [4.78, 5) is 3.78. The van der Waals surface area contributed by atoms with Gasteiger partial charge in [-0.15, -0.1) is 0 Å². The number of hydrogen-bond acceptors (Lipinski definition) is 1. The maximum atomic E-state index is 3.78. The number of nitrogens with zero attached hydrogens (tertiary/aromatic N) is 2. The van der Waals surface area contributed by atoms with Crippen LogP contribution >= 0.6 is 0 Å². The summed E-state index contributed by atoms with van der Waals surface area (Å²) >= 11 is 0. The first-order chi connectivity index (χ1) is 16.2. The molecule has 200 valence electrons. The van der Waals surface area contributed by atoms with Gasteiger partial charge in [0.25, 0.3) is 0 Å². The Hall–Kier alpha value is -1.70. The number of aromatic nitrogens is 2. The smallest absolute Gasteiger partial charge is 0.168 e. The van der Waals surface area contributed by atoms with E-state index in [4.69, 9.17) is 0 Å². The van der Waals surface area contributed by atoms with Gasteiger partial charge in [-0.1, -0.05) is 142 Å². The zero-order valence-corrected chi connectivity index (χ0v) is 25.9. The van der Waals surface area contributed by atoms with Crippen molar-refractivity contribution < 1.29 is 4.57 Å². The summed E-state index contributed by atoms with van der Waals surface area (Å²) in [5.41, 5.74) is 0. The molecule has 2 heteroatoms. The summed E-state index contributed by atoms with van der Waals surface area (Å²) < 4.78 is 2.18. The lowest BCUT2D eigenvalue weighted by atomic mass is 10.4. The number of unbranched alkanes of at least 4 members (excludes halogenated alkanes) is 1. The molecule has 2 nitrogen and oxygen atoms in total. The highest BCUT2D eigenvalue weighted by Gasteiger charge is 1.90. The van der Waals surface area contributed by atoms with Crippen molar-refractivity contribution in [1.29, 1.82) is 0 Å². The first kappa shape index (κ1) is 48.7. The molecule has 2 heterocycles. The molecule has 0 unspecified atom stereocenters. The molecule has 0 aliphatic rings. The highest BCUT2D eigenvalue weighted by atomic mass is 14.9. The van der Waals surface area contributed by atoms with E-state index in [2.05, 4.69) is 82.5 Å². The van der Waals surface area contributed by atoms with Crippen LogP contribution in [0.3, 0.4) is 0 Å². The Bertz CT molecular complexity index is 357. The lowest BCUT2D eigenvalue weighted by Crippen LogP contribution is -2.31. The summed E-state index contributed by atoms with van der Waals surface area (Å²) in [5, 5.41) is 0. The molecule has 0 saturated heterocycles. The topological polar surface area (TPSA) is 16.8 Å². The molecular weight excluding hydrogens is 400 g/mol. The Morgan fingerprint density at radius 2 is 0.758 bits per heavy atom. The van der Waals surface area contributed by atoms with Crippen LogP contribution < -0.4 is 4.57 Å². The summed E-state index contributed by atoms with van der Waals surface area (Å²) in [6.45, 7) is 32.2. The maximum Gasteiger partial charge on any atom is 0.168 e. The van der Waals surface area contributed by atoms with Crippen LogP contribution in [0.2, 0.25) is 0 Å². The summed E-state index contributed by atoms with van der Waals surface area (Å²) in [5.74, 6) is 0. The summed E-state index contributed by atoms with van der Waals surface area (Å²) in [7, 11) is 0. The van der Waals surface area contributed by atoms with Gasteiger partial charge in [0.05, 0.1) is 0 Å². The maximum absolute atomic E-state index is 3.78. The van der Waals surface area contributed by atoms with Crippen molar-refractivity contribution in [3.63, 3.8) is 0 Å². The minimum absolute atomic E-state index is 1.13. The second-order valence-electron chi connectivity index (χ2n) is 5.55. The molecule has 0 radical (unpaired) electrons. The van der Waals surface area contributed by atoms with Gasteiger partial charge in [-0.25, -0.2) is 4.57 Å². The molecule has 0 bridgehead atoms. The molecule has 0 N–H and O–H groups in total. The molecule has 33 heavy (non-hydrogen) atoms. The van der Waals surface area contributed by atoms with Gasteiger partial charge < -0.3 is 0 Å². The van der Waals surface area contributed by atoms with Gasteiger partial charge in [-0.05, 0) is 12.1 Å². The number of rotatable bonds is 3. The first-order valence-corrected chi connectivity index (χ1v) is 14.0. The average molecular weight is 468 g/mol. The van der Waals surface area contributed by atoms with Gasteiger partial charge in [-0.3, -0.25) is 4.98 Å². The summed E-state index contributed by atoms with van der Waals surface area (Å²) in [6.07, 6.45) is 14.0. The van der Waals surface area contributed by atoms with Crippen LogP contribution in [0.15, 0.2) is 61.2 Å². The van der Waals surface area contributed by atoms with E-state index in [9.17, 15) is 0 Å². The van der Waals surface area contributed by atoms with E-state index in [-0.39, 0.29) is 0 Å². The number of hydrogen-bond donors (Lipinski definition) is 0. The van der Waals surface area contributed by atoms with Gasteiger partial charge in [-0.2, -0.15) is 0 Å². The van der Waals surface area contributed by atoms with Crippen LogP contribution in [0.25, 0.3) is 0 Å². The van der Waals surface area contributed by atoms with Gasteiger partial charge in [0.15, 0.2) is 12.4 Å². The lowest BCUT2D eigenvalue weighted by Gasteiger charge is -1.88. The standard InChI is InChI=1S/C8H12N.C5H5N.C4H10.2C3H8.4C2H6/c1-2-6-9-7-4-3-5-8-9;1-2-4-6-5-3-1;1-3-4-2;2*1-3-2;4*1-2/h3-5,7-8H,2,6H2,1H3;1-5H;3-4H2,1-2H3;2*3H2,1-2H3;4*1-2H3/q+1;;;;;;;;. The predicted molar refractivity (Wildman–Crippen MR) is 159 cm³/mol. The molecule has 0 aromatic carbocycles. The molecule has 2 rings (SSSR count). The Morgan fingerprint density at radius 3 is 0.939 bits per heavy atom. The van der Waals surface area contributed by atoms with Gasteiger partial charge in [0.1, 0.15) is 6.54 Å². The van der Waals surface area contributed by atoms with Crippen molar-refractivity contribution >= 4 is 0 Å². The third-order valence-corrected chi connectivity index (χ3v) is 2.33. The molecule has 0 aliphatic heterocycles. The molecule has 0 spiro atoms. The fourth-order valence-electron chi connectivity index (χ4n) is 1.15. The van der Waals surface area contributed by atoms with Crippen molar-refractivity contribution in [3.8, 4) is 0 Å². The lowest BCUT2D eigenvalue weighted by molar-refractivity contribution is -0.697. The van der Waals surface area contributed by atoms with Crippen LogP contribution in [-0.4, -0.2) is 4.98 Å². The Labute approximate surface area is 213 Å². The van der Waals surface area contributed by atoms with Crippen molar-refractivity contribution in [1.82, 2.24) is 4.98 Å². The van der Waals surface area contributed by atoms with E-state index in [0.29, 0.717) is 0 Å². The quantitative estimate of drug-likeness (QED) is 0.410. The molecule has 0 atom stereocenters. The monoisotopic (exact) mass is 468 g/mol. The molecular formula is C31H67N2+. The molecule has 0 saturated carbocycles. The largest absolute Gasteiger partial charge is 0.265 e. The van der Waals surface area contributed by atoms with Gasteiger partial charge >= 0.3 is 0 Å². The number of pyridine rings is 2. The predicted octanol–water partition coefficient (Wildman–Crippen LogP) is 11.2. The number of aryl methyl sites for hydroxylation is 1.